The zero-order valence-electron chi connectivity index (χ0n) is 12.3. The van der Waals surface area contributed by atoms with Gasteiger partial charge in [-0.2, -0.15) is 5.10 Å². The van der Waals surface area contributed by atoms with Crippen molar-refractivity contribution in [1.29, 1.82) is 0 Å². The van der Waals surface area contributed by atoms with E-state index < -0.39 is 0 Å². The van der Waals surface area contributed by atoms with Crippen molar-refractivity contribution in [3.63, 3.8) is 0 Å². The van der Waals surface area contributed by atoms with Crippen LogP contribution in [-0.2, 0) is 0 Å². The molecule has 0 spiro atoms. The molecule has 0 saturated heterocycles. The van der Waals surface area contributed by atoms with E-state index in [0.29, 0.717) is 5.56 Å². The van der Waals surface area contributed by atoms with Crippen molar-refractivity contribution in [2.24, 2.45) is 5.10 Å². The van der Waals surface area contributed by atoms with Gasteiger partial charge in [0.25, 0.3) is 0 Å². The molecule has 0 aliphatic rings. The minimum atomic E-state index is -0.0964. The molecule has 23 heavy (non-hydrogen) atoms. The highest BCUT2D eigenvalue weighted by Crippen LogP contribution is 1.99. The smallest absolute Gasteiger partial charge is 0.205 e. The number of nitrogens with one attached hydrogen (secondary N) is 3. The molecule has 0 bridgehead atoms. The molecule has 0 heterocycles. The summed E-state index contributed by atoms with van der Waals surface area (Å²) in [6, 6.07) is 18.6. The van der Waals surface area contributed by atoms with E-state index in [-0.39, 0.29) is 10.9 Å². The maximum absolute atomic E-state index is 11.8. The van der Waals surface area contributed by atoms with Crippen molar-refractivity contribution in [3.05, 3.63) is 84.1 Å². The minimum Gasteiger partial charge on any atom is -0.306 e. The summed E-state index contributed by atoms with van der Waals surface area (Å²) in [4.78, 5) is 11.8. The van der Waals surface area contributed by atoms with Gasteiger partial charge in [0.05, 0.1) is 6.21 Å². The van der Waals surface area contributed by atoms with Crippen LogP contribution in [0.25, 0.3) is 0 Å². The predicted molar refractivity (Wildman–Crippen MR) is 96.0 cm³/mol. The van der Waals surface area contributed by atoms with Gasteiger partial charge >= 0.3 is 0 Å². The number of carbonyl (C=O) groups is 1. The van der Waals surface area contributed by atoms with Crippen molar-refractivity contribution >= 4 is 29.3 Å². The summed E-state index contributed by atoms with van der Waals surface area (Å²) in [6.45, 7) is 0. The molecule has 0 saturated carbocycles. The lowest BCUT2D eigenvalue weighted by atomic mass is 10.1. The highest BCUT2D eigenvalue weighted by atomic mass is 32.1. The summed E-state index contributed by atoms with van der Waals surface area (Å²) >= 11 is 5.02. The van der Waals surface area contributed by atoms with Gasteiger partial charge in [0.1, 0.15) is 0 Å². The van der Waals surface area contributed by atoms with Crippen molar-refractivity contribution in [3.8, 4) is 0 Å². The molecule has 0 aliphatic carbocycles. The standard InChI is InChI=1S/C17H16N4OS/c22-16(15-9-5-2-6-10-15)11-12-18-20-17(23)21-19-13-14-7-3-1-4-8-14/h1-13,18H,(H2,20,21,23)/b12-11+,19-13+. The molecule has 0 amide bonds. The first-order chi connectivity index (χ1) is 11.3. The van der Waals surface area contributed by atoms with Crippen LogP contribution in [0.5, 0.6) is 0 Å². The van der Waals surface area contributed by atoms with E-state index in [9.17, 15) is 4.79 Å². The number of ketones is 1. The largest absolute Gasteiger partial charge is 0.306 e. The Bertz CT molecular complexity index is 699. The molecule has 0 aromatic heterocycles. The number of hydrogen-bond acceptors (Lipinski definition) is 4. The van der Waals surface area contributed by atoms with Gasteiger partial charge in [-0.25, -0.2) is 0 Å². The molecule has 0 radical (unpaired) electrons. The lowest BCUT2D eigenvalue weighted by Crippen LogP contribution is -2.39. The molecule has 0 fully saturated rings. The Morgan fingerprint density at radius 1 is 1.00 bits per heavy atom. The zero-order valence-corrected chi connectivity index (χ0v) is 13.1. The van der Waals surface area contributed by atoms with Crippen LogP contribution < -0.4 is 16.3 Å². The summed E-state index contributed by atoms with van der Waals surface area (Å²) in [5, 5.41) is 4.28. The molecule has 5 nitrogen and oxygen atoms in total. The Kier molecular flexibility index (Phi) is 6.49. The van der Waals surface area contributed by atoms with Crippen LogP contribution in [0.1, 0.15) is 15.9 Å². The van der Waals surface area contributed by atoms with Crippen molar-refractivity contribution in [2.75, 3.05) is 0 Å². The average molecular weight is 324 g/mol. The first kappa shape index (κ1) is 16.4. The first-order valence-electron chi connectivity index (χ1n) is 6.91. The second-order valence-corrected chi connectivity index (χ2v) is 4.85. The molecular weight excluding hydrogens is 308 g/mol. The zero-order chi connectivity index (χ0) is 16.3. The van der Waals surface area contributed by atoms with E-state index in [4.69, 9.17) is 12.2 Å². The average Bonchev–Trinajstić information content (AvgIpc) is 2.60. The number of allylic oxidation sites excluding steroid dienone is 1. The predicted octanol–water partition coefficient (Wildman–Crippen LogP) is 2.39. The molecular formula is C17H16N4OS. The Morgan fingerprint density at radius 2 is 1.65 bits per heavy atom. The summed E-state index contributed by atoms with van der Waals surface area (Å²) in [5.74, 6) is -0.0964. The number of nitrogens with zero attached hydrogens (tertiary/aromatic N) is 1. The van der Waals surface area contributed by atoms with Gasteiger partial charge in [0.15, 0.2) is 5.78 Å². The third kappa shape index (κ3) is 6.11. The lowest BCUT2D eigenvalue weighted by Gasteiger charge is -2.05. The van der Waals surface area contributed by atoms with E-state index in [1.165, 1.54) is 12.3 Å². The third-order valence-electron chi connectivity index (χ3n) is 2.74. The van der Waals surface area contributed by atoms with Gasteiger partial charge in [-0.3, -0.25) is 15.6 Å². The SMILES string of the molecule is O=C(/C=C/NNC(=S)N/N=C/c1ccccc1)c1ccccc1. The highest BCUT2D eigenvalue weighted by Gasteiger charge is 1.98. The van der Waals surface area contributed by atoms with E-state index >= 15 is 0 Å². The number of hydrogen-bond donors (Lipinski definition) is 3. The van der Waals surface area contributed by atoms with E-state index in [1.807, 2.05) is 48.5 Å². The van der Waals surface area contributed by atoms with Crippen molar-refractivity contribution in [1.82, 2.24) is 16.3 Å². The Morgan fingerprint density at radius 3 is 2.35 bits per heavy atom. The first-order valence-corrected chi connectivity index (χ1v) is 7.32. The summed E-state index contributed by atoms with van der Waals surface area (Å²) in [7, 11) is 0. The van der Waals surface area contributed by atoms with Crippen molar-refractivity contribution < 1.29 is 4.79 Å². The number of benzene rings is 2. The molecule has 0 unspecified atom stereocenters. The van der Waals surface area contributed by atoms with Crippen LogP contribution >= 0.6 is 12.2 Å². The van der Waals surface area contributed by atoms with Gasteiger partial charge in [0, 0.05) is 17.8 Å². The van der Waals surface area contributed by atoms with E-state index in [1.54, 1.807) is 18.3 Å². The number of rotatable bonds is 6. The molecule has 6 heteroatoms. The summed E-state index contributed by atoms with van der Waals surface area (Å²) in [5.41, 5.74) is 9.64. The van der Waals surface area contributed by atoms with Crippen LogP contribution in [0.3, 0.4) is 0 Å². The topological polar surface area (TPSA) is 65.5 Å². The van der Waals surface area contributed by atoms with Crippen LogP contribution in [0, 0.1) is 0 Å². The third-order valence-corrected chi connectivity index (χ3v) is 2.93. The fourth-order valence-electron chi connectivity index (χ4n) is 1.66. The van der Waals surface area contributed by atoms with Gasteiger partial charge in [0.2, 0.25) is 5.11 Å². The number of carbonyl (C=O) groups excluding carboxylic acids is 1. The molecule has 116 valence electrons. The molecule has 0 aliphatic heterocycles. The molecule has 2 aromatic carbocycles. The molecule has 0 atom stereocenters. The number of thiocarbonyl (C=S) groups is 1. The summed E-state index contributed by atoms with van der Waals surface area (Å²) in [6.07, 6.45) is 4.55. The minimum absolute atomic E-state index is 0.0964. The van der Waals surface area contributed by atoms with Gasteiger partial charge in [-0.1, -0.05) is 60.7 Å². The monoisotopic (exact) mass is 324 g/mol. The van der Waals surface area contributed by atoms with Gasteiger partial charge in [-0.05, 0) is 17.8 Å². The fourth-order valence-corrected chi connectivity index (χ4v) is 1.77. The summed E-state index contributed by atoms with van der Waals surface area (Å²) < 4.78 is 0. The van der Waals surface area contributed by atoms with Crippen LogP contribution in [0.4, 0.5) is 0 Å². The lowest BCUT2D eigenvalue weighted by molar-refractivity contribution is 0.104. The fraction of sp³-hybridized carbons (Fsp3) is 0. The second-order valence-electron chi connectivity index (χ2n) is 4.44. The maximum Gasteiger partial charge on any atom is 0.205 e. The van der Waals surface area contributed by atoms with Crippen molar-refractivity contribution in [2.45, 2.75) is 0 Å². The molecule has 2 aromatic rings. The maximum atomic E-state index is 11.8. The Labute approximate surface area is 140 Å². The number of hydrazone groups is 1. The number of hydrazine groups is 1. The van der Waals surface area contributed by atoms with E-state index in [0.717, 1.165) is 5.56 Å². The van der Waals surface area contributed by atoms with Crippen LogP contribution in [0.2, 0.25) is 0 Å². The second kappa shape index (κ2) is 9.11. The van der Waals surface area contributed by atoms with Gasteiger partial charge in [-0.15, -0.1) is 0 Å². The Balaban J connectivity index is 1.69. The van der Waals surface area contributed by atoms with Crippen LogP contribution in [-0.4, -0.2) is 17.1 Å². The normalized spacial score (nSPS) is 10.6. The van der Waals surface area contributed by atoms with E-state index in [2.05, 4.69) is 21.4 Å². The Hall–Kier alpha value is -2.99. The van der Waals surface area contributed by atoms with Crippen LogP contribution in [0.15, 0.2) is 78.0 Å². The highest BCUT2D eigenvalue weighted by molar-refractivity contribution is 7.80. The molecule has 2 rings (SSSR count). The van der Waals surface area contributed by atoms with Gasteiger partial charge < -0.3 is 5.43 Å². The quantitative estimate of drug-likeness (QED) is 0.250. The molecule has 3 N–H and O–H groups in total.